The molecule has 7 heteroatoms. The summed E-state index contributed by atoms with van der Waals surface area (Å²) in [5.41, 5.74) is 0. The summed E-state index contributed by atoms with van der Waals surface area (Å²) in [6.07, 6.45) is 1.08. The molecule has 22 heavy (non-hydrogen) atoms. The van der Waals surface area contributed by atoms with Gasteiger partial charge in [-0.15, -0.1) is 23.7 Å². The molecule has 3 heterocycles. The monoisotopic (exact) mass is 345 g/mol. The maximum absolute atomic E-state index is 12.7. The quantitative estimate of drug-likeness (QED) is 0.904. The van der Waals surface area contributed by atoms with Crippen molar-refractivity contribution < 1.29 is 9.53 Å². The van der Waals surface area contributed by atoms with Crippen LogP contribution in [0.3, 0.4) is 0 Å². The average molecular weight is 346 g/mol. The molecule has 1 unspecified atom stereocenters. The van der Waals surface area contributed by atoms with E-state index in [1.54, 1.807) is 7.11 Å². The summed E-state index contributed by atoms with van der Waals surface area (Å²) in [6.45, 7) is 8.01. The van der Waals surface area contributed by atoms with Crippen LogP contribution in [0, 0.1) is 6.92 Å². The highest BCUT2D eigenvalue weighted by atomic mass is 35.5. The van der Waals surface area contributed by atoms with Crippen molar-refractivity contribution in [3.8, 4) is 5.75 Å². The van der Waals surface area contributed by atoms with E-state index in [0.29, 0.717) is 11.8 Å². The van der Waals surface area contributed by atoms with Crippen molar-refractivity contribution in [3.63, 3.8) is 0 Å². The summed E-state index contributed by atoms with van der Waals surface area (Å²) in [5, 5.41) is 3.38. The summed E-state index contributed by atoms with van der Waals surface area (Å²) in [7, 11) is 1.63. The molecule has 0 radical (unpaired) electrons. The van der Waals surface area contributed by atoms with Gasteiger partial charge in [-0.2, -0.15) is 0 Å². The number of aryl methyl sites for hydroxylation is 1. The molecule has 1 aromatic rings. The number of rotatable bonds is 3. The zero-order valence-corrected chi connectivity index (χ0v) is 14.8. The van der Waals surface area contributed by atoms with Crippen molar-refractivity contribution in [2.45, 2.75) is 19.4 Å². The van der Waals surface area contributed by atoms with Gasteiger partial charge < -0.3 is 15.0 Å². The van der Waals surface area contributed by atoms with E-state index in [4.69, 9.17) is 4.74 Å². The van der Waals surface area contributed by atoms with Crippen LogP contribution < -0.4 is 10.1 Å². The number of amides is 1. The van der Waals surface area contributed by atoms with Crippen molar-refractivity contribution in [3.05, 3.63) is 15.8 Å². The first-order chi connectivity index (χ1) is 10.2. The molecule has 0 bridgehead atoms. The molecule has 1 aromatic heterocycles. The van der Waals surface area contributed by atoms with E-state index in [9.17, 15) is 4.79 Å². The van der Waals surface area contributed by atoms with Gasteiger partial charge in [-0.05, 0) is 19.4 Å². The molecular weight excluding hydrogens is 322 g/mol. The van der Waals surface area contributed by atoms with Gasteiger partial charge in [0.05, 0.1) is 7.11 Å². The minimum Gasteiger partial charge on any atom is -0.495 e. The minimum atomic E-state index is 0. The molecule has 3 rings (SSSR count). The highest BCUT2D eigenvalue weighted by Crippen LogP contribution is 2.31. The zero-order chi connectivity index (χ0) is 14.8. The van der Waals surface area contributed by atoms with Crippen LogP contribution in [-0.4, -0.2) is 68.1 Å². The van der Waals surface area contributed by atoms with E-state index in [1.807, 2.05) is 17.9 Å². The number of piperazine rings is 1. The lowest BCUT2D eigenvalue weighted by atomic mass is 10.2. The van der Waals surface area contributed by atoms with Crippen LogP contribution in [0.25, 0.3) is 0 Å². The second-order valence-corrected chi connectivity index (χ2v) is 6.99. The summed E-state index contributed by atoms with van der Waals surface area (Å²) < 4.78 is 5.33. The van der Waals surface area contributed by atoms with E-state index >= 15 is 0 Å². The number of ether oxygens (including phenoxy) is 1. The molecule has 1 atom stereocenters. The molecule has 0 aromatic carbocycles. The Balaban J connectivity index is 0.00000176. The summed E-state index contributed by atoms with van der Waals surface area (Å²) in [6, 6.07) is 2.46. The number of likely N-dealkylation sites (tertiary alicyclic amines) is 1. The molecule has 2 aliphatic heterocycles. The van der Waals surface area contributed by atoms with Crippen LogP contribution in [0.15, 0.2) is 6.07 Å². The molecule has 2 aliphatic rings. The minimum absolute atomic E-state index is 0. The number of halogens is 1. The Kier molecular flexibility index (Phi) is 6.09. The van der Waals surface area contributed by atoms with Crippen LogP contribution in [-0.2, 0) is 0 Å². The first kappa shape index (κ1) is 17.5. The van der Waals surface area contributed by atoms with Crippen molar-refractivity contribution >= 4 is 29.7 Å². The lowest BCUT2D eigenvalue weighted by Gasteiger charge is -2.32. The van der Waals surface area contributed by atoms with Gasteiger partial charge in [-0.25, -0.2) is 0 Å². The highest BCUT2D eigenvalue weighted by Gasteiger charge is 2.32. The Bertz CT molecular complexity index is 517. The first-order valence-electron chi connectivity index (χ1n) is 7.57. The smallest absolute Gasteiger partial charge is 0.267 e. The largest absolute Gasteiger partial charge is 0.495 e. The topological polar surface area (TPSA) is 44.8 Å². The van der Waals surface area contributed by atoms with Crippen molar-refractivity contribution in [2.24, 2.45) is 0 Å². The van der Waals surface area contributed by atoms with Gasteiger partial charge in [0.25, 0.3) is 5.91 Å². The number of hydrogen-bond donors (Lipinski definition) is 1. The van der Waals surface area contributed by atoms with Gasteiger partial charge >= 0.3 is 0 Å². The van der Waals surface area contributed by atoms with Crippen molar-refractivity contribution in [2.75, 3.05) is 46.4 Å². The number of carbonyl (C=O) groups is 1. The number of methoxy groups -OCH3 is 1. The third kappa shape index (κ3) is 3.56. The van der Waals surface area contributed by atoms with Gasteiger partial charge in [0.15, 0.2) is 0 Å². The average Bonchev–Trinajstić information content (AvgIpc) is 3.14. The molecule has 1 amide bonds. The van der Waals surface area contributed by atoms with Crippen molar-refractivity contribution in [1.82, 2.24) is 15.1 Å². The fraction of sp³-hybridized carbons (Fsp3) is 0.667. The second-order valence-electron chi connectivity index (χ2n) is 5.73. The molecule has 2 saturated heterocycles. The van der Waals surface area contributed by atoms with Crippen LogP contribution in [0.5, 0.6) is 5.75 Å². The number of thiophene rings is 1. The van der Waals surface area contributed by atoms with Gasteiger partial charge in [0, 0.05) is 50.2 Å². The molecule has 0 saturated carbocycles. The third-order valence-corrected chi connectivity index (χ3v) is 5.37. The highest BCUT2D eigenvalue weighted by molar-refractivity contribution is 7.14. The number of hydrogen-bond acceptors (Lipinski definition) is 5. The Morgan fingerprint density at radius 1 is 1.36 bits per heavy atom. The van der Waals surface area contributed by atoms with Crippen LogP contribution in [0.1, 0.15) is 21.0 Å². The standard InChI is InChI=1S/C15H23N3O2S.ClH/c1-11-9-13(20-2)14(21-11)15(19)18-6-3-12(10-18)17-7-4-16-5-8-17;/h9,12,16H,3-8,10H2,1-2H3;1H. The van der Waals surface area contributed by atoms with Crippen LogP contribution in [0.4, 0.5) is 0 Å². The fourth-order valence-corrected chi connectivity index (χ4v) is 4.15. The summed E-state index contributed by atoms with van der Waals surface area (Å²) >= 11 is 1.53. The fourth-order valence-electron chi connectivity index (χ4n) is 3.21. The molecule has 0 aliphatic carbocycles. The van der Waals surface area contributed by atoms with Gasteiger partial charge in [0.1, 0.15) is 10.6 Å². The number of carbonyl (C=O) groups excluding carboxylic acids is 1. The molecular formula is C15H24ClN3O2S. The molecule has 5 nitrogen and oxygen atoms in total. The molecule has 0 spiro atoms. The zero-order valence-electron chi connectivity index (χ0n) is 13.1. The summed E-state index contributed by atoms with van der Waals surface area (Å²) in [4.78, 5) is 19.1. The van der Waals surface area contributed by atoms with E-state index in [2.05, 4.69) is 10.2 Å². The van der Waals surface area contributed by atoms with E-state index in [1.165, 1.54) is 11.3 Å². The number of nitrogens with zero attached hydrogens (tertiary/aromatic N) is 2. The lowest BCUT2D eigenvalue weighted by molar-refractivity contribution is 0.0775. The third-order valence-electron chi connectivity index (χ3n) is 4.35. The lowest BCUT2D eigenvalue weighted by Crippen LogP contribution is -2.49. The SMILES string of the molecule is COc1cc(C)sc1C(=O)N1CCC(N2CCNCC2)C1.Cl. The predicted octanol–water partition coefficient (Wildman–Crippen LogP) is 1.61. The summed E-state index contributed by atoms with van der Waals surface area (Å²) in [5.74, 6) is 0.843. The Morgan fingerprint density at radius 2 is 2.09 bits per heavy atom. The Hall–Kier alpha value is -0.820. The second kappa shape index (κ2) is 7.64. The van der Waals surface area contributed by atoms with Crippen LogP contribution >= 0.6 is 23.7 Å². The Labute approximate surface area is 142 Å². The molecule has 1 N–H and O–H groups in total. The Morgan fingerprint density at radius 3 is 2.77 bits per heavy atom. The maximum Gasteiger partial charge on any atom is 0.267 e. The van der Waals surface area contributed by atoms with Gasteiger partial charge in [-0.3, -0.25) is 9.69 Å². The van der Waals surface area contributed by atoms with E-state index < -0.39 is 0 Å². The van der Waals surface area contributed by atoms with Crippen LogP contribution in [0.2, 0.25) is 0 Å². The van der Waals surface area contributed by atoms with Crippen molar-refractivity contribution in [1.29, 1.82) is 0 Å². The van der Waals surface area contributed by atoms with E-state index in [-0.39, 0.29) is 18.3 Å². The van der Waals surface area contributed by atoms with Gasteiger partial charge in [-0.1, -0.05) is 0 Å². The first-order valence-corrected chi connectivity index (χ1v) is 8.39. The number of nitrogens with one attached hydrogen (secondary N) is 1. The predicted molar refractivity (Wildman–Crippen MR) is 91.6 cm³/mol. The van der Waals surface area contributed by atoms with Gasteiger partial charge in [0.2, 0.25) is 0 Å². The molecule has 124 valence electrons. The maximum atomic E-state index is 12.7. The van der Waals surface area contributed by atoms with E-state index in [0.717, 1.165) is 55.4 Å². The molecule has 2 fully saturated rings. The normalized spacial score (nSPS) is 22.5.